The number of ketones is 1. The summed E-state index contributed by atoms with van der Waals surface area (Å²) in [5, 5.41) is 9.01. The molecular weight excluding hydrogens is 350 g/mol. The molecule has 0 aromatic heterocycles. The van der Waals surface area contributed by atoms with Crippen molar-refractivity contribution in [1.29, 1.82) is 0 Å². The Bertz CT molecular complexity index is 743. The van der Waals surface area contributed by atoms with Crippen LogP contribution in [0.3, 0.4) is 0 Å². The van der Waals surface area contributed by atoms with Gasteiger partial charge >= 0.3 is 5.97 Å². The van der Waals surface area contributed by atoms with Gasteiger partial charge in [-0.15, -0.1) is 0 Å². The molecule has 0 saturated carbocycles. The first-order valence-corrected chi connectivity index (χ1v) is 7.23. The first-order valence-electron chi connectivity index (χ1n) is 6.44. The lowest BCUT2D eigenvalue weighted by Crippen LogP contribution is -2.15. The first kappa shape index (κ1) is 16.0. The van der Waals surface area contributed by atoms with Gasteiger partial charge in [-0.3, -0.25) is 4.79 Å². The Morgan fingerprint density at radius 2 is 1.91 bits per heavy atom. The van der Waals surface area contributed by atoms with Crippen LogP contribution >= 0.6 is 15.9 Å². The SMILES string of the molecule is Cc1ccc(OCC(=O)c2cccc(C(=O)O)c2N)c(Br)c1. The maximum atomic E-state index is 12.2. The Hall–Kier alpha value is -2.34. The number of carboxylic acid groups (broad SMARTS) is 1. The van der Waals surface area contributed by atoms with Gasteiger partial charge in [-0.1, -0.05) is 12.1 Å². The zero-order valence-corrected chi connectivity index (χ0v) is 13.4. The van der Waals surface area contributed by atoms with Crippen LogP contribution in [-0.4, -0.2) is 23.5 Å². The fraction of sp³-hybridized carbons (Fsp3) is 0.125. The Morgan fingerprint density at radius 3 is 2.55 bits per heavy atom. The molecule has 0 saturated heterocycles. The van der Waals surface area contributed by atoms with Crippen molar-refractivity contribution >= 4 is 33.4 Å². The van der Waals surface area contributed by atoms with Crippen LogP contribution in [0, 0.1) is 6.92 Å². The molecule has 0 unspecified atom stereocenters. The summed E-state index contributed by atoms with van der Waals surface area (Å²) in [5.41, 5.74) is 6.79. The van der Waals surface area contributed by atoms with Gasteiger partial charge in [0.25, 0.3) is 0 Å². The summed E-state index contributed by atoms with van der Waals surface area (Å²) in [6.45, 7) is 1.72. The molecule has 0 atom stereocenters. The highest BCUT2D eigenvalue weighted by Crippen LogP contribution is 2.26. The fourth-order valence-corrected chi connectivity index (χ4v) is 2.55. The van der Waals surface area contributed by atoms with E-state index in [0.717, 1.165) is 10.0 Å². The van der Waals surface area contributed by atoms with E-state index in [0.29, 0.717) is 5.75 Å². The van der Waals surface area contributed by atoms with Gasteiger partial charge in [-0.05, 0) is 52.7 Å². The molecule has 3 N–H and O–H groups in total. The minimum Gasteiger partial charge on any atom is -0.484 e. The fourth-order valence-electron chi connectivity index (χ4n) is 1.94. The Labute approximate surface area is 135 Å². The van der Waals surface area contributed by atoms with E-state index in [4.69, 9.17) is 15.6 Å². The van der Waals surface area contributed by atoms with E-state index < -0.39 is 5.97 Å². The molecule has 0 fully saturated rings. The summed E-state index contributed by atoms with van der Waals surface area (Å²) in [6, 6.07) is 9.81. The highest BCUT2D eigenvalue weighted by molar-refractivity contribution is 9.10. The highest BCUT2D eigenvalue weighted by Gasteiger charge is 2.17. The molecule has 0 aliphatic carbocycles. The minimum atomic E-state index is -1.17. The van der Waals surface area contributed by atoms with Crippen molar-refractivity contribution in [1.82, 2.24) is 0 Å². The van der Waals surface area contributed by atoms with Crippen LogP contribution in [0.1, 0.15) is 26.3 Å². The predicted molar refractivity (Wildman–Crippen MR) is 86.5 cm³/mol. The molecule has 114 valence electrons. The molecule has 0 aliphatic rings. The maximum Gasteiger partial charge on any atom is 0.337 e. The van der Waals surface area contributed by atoms with Crippen LogP contribution in [0.25, 0.3) is 0 Å². The van der Waals surface area contributed by atoms with Gasteiger partial charge in [0, 0.05) is 5.56 Å². The maximum absolute atomic E-state index is 12.2. The van der Waals surface area contributed by atoms with Crippen LogP contribution in [0.5, 0.6) is 5.75 Å². The van der Waals surface area contributed by atoms with E-state index in [9.17, 15) is 9.59 Å². The van der Waals surface area contributed by atoms with E-state index in [1.165, 1.54) is 18.2 Å². The van der Waals surface area contributed by atoms with Crippen LogP contribution in [0.2, 0.25) is 0 Å². The largest absolute Gasteiger partial charge is 0.484 e. The van der Waals surface area contributed by atoms with Gasteiger partial charge in [0.05, 0.1) is 15.7 Å². The molecule has 0 spiro atoms. The number of carboxylic acids is 1. The smallest absolute Gasteiger partial charge is 0.337 e. The number of hydrogen-bond acceptors (Lipinski definition) is 4. The van der Waals surface area contributed by atoms with Crippen LogP contribution < -0.4 is 10.5 Å². The number of halogens is 1. The Morgan fingerprint density at radius 1 is 1.23 bits per heavy atom. The van der Waals surface area contributed by atoms with E-state index in [1.807, 2.05) is 19.1 Å². The third-order valence-electron chi connectivity index (χ3n) is 3.08. The van der Waals surface area contributed by atoms with Crippen LogP contribution in [0.4, 0.5) is 5.69 Å². The number of carbonyl (C=O) groups excluding carboxylic acids is 1. The lowest BCUT2D eigenvalue weighted by atomic mass is 10.0. The van der Waals surface area contributed by atoms with Crippen molar-refractivity contribution in [2.75, 3.05) is 12.3 Å². The Kier molecular flexibility index (Phi) is 4.82. The van der Waals surface area contributed by atoms with E-state index in [-0.39, 0.29) is 29.2 Å². The second-order valence-corrected chi connectivity index (χ2v) is 5.57. The molecule has 2 rings (SSSR count). The number of rotatable bonds is 5. The normalized spacial score (nSPS) is 10.3. The number of aryl methyl sites for hydroxylation is 1. The van der Waals surface area contributed by atoms with Crippen molar-refractivity contribution in [3.05, 3.63) is 57.6 Å². The molecule has 22 heavy (non-hydrogen) atoms. The van der Waals surface area contributed by atoms with Crippen molar-refractivity contribution in [3.8, 4) is 5.75 Å². The molecular formula is C16H14BrNO4. The minimum absolute atomic E-state index is 0.0495. The molecule has 0 bridgehead atoms. The zero-order chi connectivity index (χ0) is 16.3. The summed E-state index contributed by atoms with van der Waals surface area (Å²) >= 11 is 3.36. The van der Waals surface area contributed by atoms with E-state index in [2.05, 4.69) is 15.9 Å². The third kappa shape index (κ3) is 3.46. The monoisotopic (exact) mass is 363 g/mol. The number of Topliss-reactive ketones (excluding diaryl/α,β-unsaturated/α-hetero) is 1. The molecule has 5 nitrogen and oxygen atoms in total. The molecule has 0 aliphatic heterocycles. The number of nitrogens with two attached hydrogens (primary N) is 1. The molecule has 2 aromatic carbocycles. The molecule has 0 radical (unpaired) electrons. The average molecular weight is 364 g/mol. The van der Waals surface area contributed by atoms with Crippen LogP contribution in [-0.2, 0) is 0 Å². The Balaban J connectivity index is 2.16. The van der Waals surface area contributed by atoms with Crippen molar-refractivity contribution in [2.24, 2.45) is 0 Å². The van der Waals surface area contributed by atoms with Crippen molar-refractivity contribution in [3.63, 3.8) is 0 Å². The number of ether oxygens (including phenoxy) is 1. The number of carbonyl (C=O) groups is 2. The standard InChI is InChI=1S/C16H14BrNO4/c1-9-5-6-14(12(17)7-9)22-8-13(19)10-3-2-4-11(15(10)18)16(20)21/h2-7H,8,18H2,1H3,(H,20,21). The van der Waals surface area contributed by atoms with Gasteiger partial charge in [0.1, 0.15) is 5.75 Å². The summed E-state index contributed by atoms with van der Waals surface area (Å²) < 4.78 is 6.21. The molecule has 0 amide bonds. The van der Waals surface area contributed by atoms with Crippen molar-refractivity contribution in [2.45, 2.75) is 6.92 Å². The number of para-hydroxylation sites is 1. The second-order valence-electron chi connectivity index (χ2n) is 4.72. The number of nitrogen functional groups attached to an aromatic ring is 1. The number of benzene rings is 2. The van der Waals surface area contributed by atoms with Gasteiger partial charge in [0.2, 0.25) is 5.78 Å². The molecule has 2 aromatic rings. The average Bonchev–Trinajstić information content (AvgIpc) is 2.46. The van der Waals surface area contributed by atoms with Crippen molar-refractivity contribution < 1.29 is 19.4 Å². The molecule has 0 heterocycles. The second kappa shape index (κ2) is 6.62. The van der Waals surface area contributed by atoms with E-state index in [1.54, 1.807) is 6.07 Å². The van der Waals surface area contributed by atoms with E-state index >= 15 is 0 Å². The lowest BCUT2D eigenvalue weighted by molar-refractivity contribution is 0.0698. The number of anilines is 1. The summed E-state index contributed by atoms with van der Waals surface area (Å²) in [7, 11) is 0. The summed E-state index contributed by atoms with van der Waals surface area (Å²) in [6.07, 6.45) is 0. The van der Waals surface area contributed by atoms with Gasteiger partial charge in [0.15, 0.2) is 6.61 Å². The summed E-state index contributed by atoms with van der Waals surface area (Å²) in [5.74, 6) is -1.02. The van der Waals surface area contributed by atoms with Gasteiger partial charge < -0.3 is 15.6 Å². The first-order chi connectivity index (χ1) is 10.4. The predicted octanol–water partition coefficient (Wildman–Crippen LogP) is 3.30. The van der Waals surface area contributed by atoms with Gasteiger partial charge in [-0.2, -0.15) is 0 Å². The van der Waals surface area contributed by atoms with Gasteiger partial charge in [-0.25, -0.2) is 4.79 Å². The molecule has 6 heteroatoms. The van der Waals surface area contributed by atoms with Crippen LogP contribution in [0.15, 0.2) is 40.9 Å². The number of hydrogen-bond donors (Lipinski definition) is 2. The third-order valence-corrected chi connectivity index (χ3v) is 3.70. The highest BCUT2D eigenvalue weighted by atomic mass is 79.9. The summed E-state index contributed by atoms with van der Waals surface area (Å²) in [4.78, 5) is 23.2. The lowest BCUT2D eigenvalue weighted by Gasteiger charge is -2.10. The number of aromatic carboxylic acids is 1. The zero-order valence-electron chi connectivity index (χ0n) is 11.8. The quantitative estimate of drug-likeness (QED) is 0.628. The topological polar surface area (TPSA) is 89.6 Å².